The Hall–Kier alpha value is -2.30. The number of aromatic nitrogens is 1. The number of ether oxygens (including phenoxy) is 1. The van der Waals surface area contributed by atoms with E-state index in [1.165, 1.54) is 30.2 Å². The fourth-order valence-electron chi connectivity index (χ4n) is 4.45. The van der Waals surface area contributed by atoms with Crippen molar-refractivity contribution in [2.24, 2.45) is 5.92 Å². The van der Waals surface area contributed by atoms with Crippen molar-refractivity contribution in [3.05, 3.63) is 63.8 Å². The van der Waals surface area contributed by atoms with E-state index in [4.69, 9.17) is 16.3 Å². The summed E-state index contributed by atoms with van der Waals surface area (Å²) in [6, 6.07) is 11.3. The lowest BCUT2D eigenvalue weighted by Crippen LogP contribution is -2.12. The van der Waals surface area contributed by atoms with Gasteiger partial charge in [-0.15, -0.1) is 0 Å². The molecule has 2 unspecified atom stereocenters. The maximum Gasteiger partial charge on any atom is 0.153 e. The number of aldehydes is 1. The summed E-state index contributed by atoms with van der Waals surface area (Å²) < 4.78 is 7.55. The van der Waals surface area contributed by atoms with E-state index in [2.05, 4.69) is 23.6 Å². The van der Waals surface area contributed by atoms with E-state index in [1.807, 2.05) is 6.07 Å². The van der Waals surface area contributed by atoms with Crippen molar-refractivity contribution < 1.29 is 14.6 Å². The minimum Gasteiger partial charge on any atom is -0.496 e. The van der Waals surface area contributed by atoms with Gasteiger partial charge in [0, 0.05) is 21.6 Å². The number of aliphatic hydroxyl groups excluding tert-OH is 1. The fourth-order valence-corrected chi connectivity index (χ4v) is 4.62. The molecule has 0 radical (unpaired) electrons. The van der Waals surface area contributed by atoms with Crippen LogP contribution in [0.25, 0.3) is 10.9 Å². The van der Waals surface area contributed by atoms with Gasteiger partial charge in [-0.2, -0.15) is 0 Å². The molecule has 1 aromatic heterocycles. The molecule has 4 nitrogen and oxygen atoms in total. The van der Waals surface area contributed by atoms with Crippen LogP contribution >= 0.6 is 11.6 Å². The highest BCUT2D eigenvalue weighted by Gasteiger charge is 2.23. The van der Waals surface area contributed by atoms with Crippen molar-refractivity contribution in [1.82, 2.24) is 4.57 Å². The molecule has 0 amide bonds. The molecule has 1 aliphatic carbocycles. The molecule has 1 aliphatic rings. The Kier molecular flexibility index (Phi) is 5.66. The SMILES string of the molecule is COc1cc(C(O)Cn2c3c(c4cc(Cl)ccc42)CCC(C)CC3)ccc1C=O. The van der Waals surface area contributed by atoms with Crippen molar-refractivity contribution in [2.75, 3.05) is 7.11 Å². The Morgan fingerprint density at radius 3 is 2.79 bits per heavy atom. The van der Waals surface area contributed by atoms with Crippen LogP contribution in [0.3, 0.4) is 0 Å². The van der Waals surface area contributed by atoms with Gasteiger partial charge in [-0.3, -0.25) is 4.79 Å². The van der Waals surface area contributed by atoms with Gasteiger partial charge in [0.15, 0.2) is 6.29 Å². The van der Waals surface area contributed by atoms with E-state index in [1.54, 1.807) is 18.2 Å². The number of carbonyl (C=O) groups is 1. The third-order valence-electron chi connectivity index (χ3n) is 6.13. The van der Waals surface area contributed by atoms with Crippen molar-refractivity contribution in [2.45, 2.75) is 45.3 Å². The summed E-state index contributed by atoms with van der Waals surface area (Å²) in [6.07, 6.45) is 4.42. The van der Waals surface area contributed by atoms with E-state index in [-0.39, 0.29) is 0 Å². The molecule has 2 aromatic carbocycles. The monoisotopic (exact) mass is 411 g/mol. The first-order chi connectivity index (χ1) is 14.0. The van der Waals surface area contributed by atoms with E-state index in [9.17, 15) is 9.90 Å². The summed E-state index contributed by atoms with van der Waals surface area (Å²) >= 11 is 6.30. The number of halogens is 1. The molecule has 2 atom stereocenters. The number of methoxy groups -OCH3 is 1. The second kappa shape index (κ2) is 8.21. The van der Waals surface area contributed by atoms with Gasteiger partial charge in [-0.25, -0.2) is 0 Å². The van der Waals surface area contributed by atoms with Gasteiger partial charge in [0.1, 0.15) is 5.75 Å². The molecule has 152 valence electrons. The number of fused-ring (bicyclic) bond motifs is 3. The molecular formula is C24H26ClNO3. The number of aliphatic hydroxyl groups is 1. The van der Waals surface area contributed by atoms with Gasteiger partial charge in [0.2, 0.25) is 0 Å². The molecule has 0 spiro atoms. The van der Waals surface area contributed by atoms with Crippen LogP contribution in [-0.4, -0.2) is 23.1 Å². The van der Waals surface area contributed by atoms with Gasteiger partial charge >= 0.3 is 0 Å². The van der Waals surface area contributed by atoms with E-state index in [0.717, 1.165) is 41.7 Å². The molecule has 4 rings (SSSR count). The first-order valence-corrected chi connectivity index (χ1v) is 10.5. The molecule has 3 aromatic rings. The molecule has 29 heavy (non-hydrogen) atoms. The number of hydrogen-bond acceptors (Lipinski definition) is 3. The van der Waals surface area contributed by atoms with Crippen LogP contribution < -0.4 is 4.74 Å². The number of rotatable bonds is 5. The van der Waals surface area contributed by atoms with Crippen LogP contribution in [0.2, 0.25) is 5.02 Å². The molecule has 0 fully saturated rings. The van der Waals surface area contributed by atoms with E-state index in [0.29, 0.717) is 23.8 Å². The average molecular weight is 412 g/mol. The minimum atomic E-state index is -0.708. The number of carbonyl (C=O) groups excluding carboxylic acids is 1. The molecule has 5 heteroatoms. The van der Waals surface area contributed by atoms with Crippen molar-refractivity contribution in [1.29, 1.82) is 0 Å². The van der Waals surface area contributed by atoms with E-state index < -0.39 is 6.10 Å². The largest absolute Gasteiger partial charge is 0.496 e. The van der Waals surface area contributed by atoms with Crippen molar-refractivity contribution in [3.8, 4) is 5.75 Å². The van der Waals surface area contributed by atoms with Crippen LogP contribution in [0.5, 0.6) is 5.75 Å². The topological polar surface area (TPSA) is 51.5 Å². The van der Waals surface area contributed by atoms with Crippen LogP contribution in [0.1, 0.15) is 53.0 Å². The molecule has 1 heterocycles. The van der Waals surface area contributed by atoms with Crippen molar-refractivity contribution in [3.63, 3.8) is 0 Å². The highest BCUT2D eigenvalue weighted by Crippen LogP contribution is 2.36. The number of nitrogens with zero attached hydrogens (tertiary/aromatic N) is 1. The summed E-state index contributed by atoms with van der Waals surface area (Å²) in [5, 5.41) is 13.0. The summed E-state index contributed by atoms with van der Waals surface area (Å²) in [5.41, 5.74) is 5.01. The molecule has 0 saturated carbocycles. The van der Waals surface area contributed by atoms with Gasteiger partial charge in [-0.1, -0.05) is 24.6 Å². The second-order valence-electron chi connectivity index (χ2n) is 8.01. The normalized spacial score (nSPS) is 17.6. The Morgan fingerprint density at radius 2 is 2.03 bits per heavy atom. The van der Waals surface area contributed by atoms with Crippen LogP contribution in [-0.2, 0) is 19.4 Å². The standard InChI is InChI=1S/C24H26ClNO3/c1-15-3-8-19-20-12-18(25)7-10-22(20)26(21(19)9-4-15)13-23(28)16-5-6-17(14-27)24(11-16)29-2/h5-7,10-12,14-15,23,28H,3-4,8-9,13H2,1-2H3. The second-order valence-corrected chi connectivity index (χ2v) is 8.45. The first kappa shape index (κ1) is 20.0. The Bertz CT molecular complexity index is 1060. The number of aryl methyl sites for hydroxylation is 1. The van der Waals surface area contributed by atoms with Gasteiger partial charge in [0.25, 0.3) is 0 Å². The predicted octanol–water partition coefficient (Wildman–Crippen LogP) is 5.36. The Morgan fingerprint density at radius 1 is 1.24 bits per heavy atom. The first-order valence-electron chi connectivity index (χ1n) is 10.1. The van der Waals surface area contributed by atoms with Crippen LogP contribution in [0.15, 0.2) is 36.4 Å². The van der Waals surface area contributed by atoms with Crippen molar-refractivity contribution >= 4 is 28.8 Å². The Labute approximate surface area is 176 Å². The lowest BCUT2D eigenvalue weighted by Gasteiger charge is -2.18. The molecule has 1 N–H and O–H groups in total. The fraction of sp³-hybridized carbons (Fsp3) is 0.375. The maximum atomic E-state index is 11.2. The van der Waals surface area contributed by atoms with Crippen LogP contribution in [0, 0.1) is 5.92 Å². The lowest BCUT2D eigenvalue weighted by atomic mass is 10.0. The summed E-state index contributed by atoms with van der Waals surface area (Å²) in [6.45, 7) is 2.76. The Balaban J connectivity index is 1.75. The smallest absolute Gasteiger partial charge is 0.153 e. The van der Waals surface area contributed by atoms with E-state index >= 15 is 0 Å². The summed E-state index contributed by atoms with van der Waals surface area (Å²) in [4.78, 5) is 11.2. The highest BCUT2D eigenvalue weighted by molar-refractivity contribution is 6.31. The van der Waals surface area contributed by atoms with Gasteiger partial charge in [-0.05, 0) is 73.1 Å². The number of benzene rings is 2. The maximum absolute atomic E-state index is 11.2. The quantitative estimate of drug-likeness (QED) is 0.454. The minimum absolute atomic E-state index is 0.450. The third-order valence-corrected chi connectivity index (χ3v) is 6.37. The molecule has 0 saturated heterocycles. The van der Waals surface area contributed by atoms with Gasteiger partial charge in [0.05, 0.1) is 25.3 Å². The molecule has 0 aliphatic heterocycles. The van der Waals surface area contributed by atoms with Gasteiger partial charge < -0.3 is 14.4 Å². The third kappa shape index (κ3) is 3.79. The zero-order chi connectivity index (χ0) is 20.5. The summed E-state index contributed by atoms with van der Waals surface area (Å²) in [5.74, 6) is 1.17. The number of hydrogen-bond donors (Lipinski definition) is 1. The lowest BCUT2D eigenvalue weighted by molar-refractivity contribution is 0.112. The highest BCUT2D eigenvalue weighted by atomic mass is 35.5. The molecular weight excluding hydrogens is 386 g/mol. The summed E-state index contributed by atoms with van der Waals surface area (Å²) in [7, 11) is 1.53. The average Bonchev–Trinajstić information content (AvgIpc) is 2.86. The molecule has 0 bridgehead atoms. The zero-order valence-electron chi connectivity index (χ0n) is 16.8. The zero-order valence-corrected chi connectivity index (χ0v) is 17.6. The predicted molar refractivity (Wildman–Crippen MR) is 116 cm³/mol. The van der Waals surface area contributed by atoms with Crippen LogP contribution in [0.4, 0.5) is 0 Å².